The minimum absolute atomic E-state index is 0.0494. The van der Waals surface area contributed by atoms with Gasteiger partial charge >= 0.3 is 6.03 Å². The summed E-state index contributed by atoms with van der Waals surface area (Å²) in [5.41, 5.74) is 4.60. The number of hydrogen-bond donors (Lipinski definition) is 2. The van der Waals surface area contributed by atoms with Crippen LogP contribution in [0.25, 0.3) is 11.1 Å². The molecule has 1 heterocycles. The molecule has 0 bridgehead atoms. The van der Waals surface area contributed by atoms with Gasteiger partial charge in [0.05, 0.1) is 0 Å². The van der Waals surface area contributed by atoms with E-state index in [0.29, 0.717) is 13.0 Å². The summed E-state index contributed by atoms with van der Waals surface area (Å²) >= 11 is 0. The molecular weight excluding hydrogens is 300 g/mol. The molecule has 4 nitrogen and oxygen atoms in total. The molecule has 126 valence electrons. The Balaban J connectivity index is 1.72. The van der Waals surface area contributed by atoms with E-state index in [2.05, 4.69) is 29.6 Å². The van der Waals surface area contributed by atoms with Crippen molar-refractivity contribution in [3.8, 4) is 11.1 Å². The van der Waals surface area contributed by atoms with Crippen molar-refractivity contribution in [2.75, 3.05) is 18.1 Å². The Labute approximate surface area is 143 Å². The van der Waals surface area contributed by atoms with Gasteiger partial charge in [-0.25, -0.2) is 4.79 Å². The highest BCUT2D eigenvalue weighted by Crippen LogP contribution is 2.32. The summed E-state index contributed by atoms with van der Waals surface area (Å²) in [7, 11) is 0. The molecule has 0 saturated heterocycles. The van der Waals surface area contributed by atoms with Gasteiger partial charge in [-0.1, -0.05) is 36.4 Å². The predicted molar refractivity (Wildman–Crippen MR) is 97.2 cm³/mol. The lowest BCUT2D eigenvalue weighted by molar-refractivity contribution is 0.240. The van der Waals surface area contributed by atoms with E-state index in [-0.39, 0.29) is 18.7 Å². The van der Waals surface area contributed by atoms with Gasteiger partial charge in [-0.05, 0) is 55.0 Å². The van der Waals surface area contributed by atoms with Gasteiger partial charge in [0.2, 0.25) is 0 Å². The van der Waals surface area contributed by atoms with E-state index < -0.39 is 0 Å². The molecule has 4 heteroatoms. The molecule has 3 rings (SSSR count). The highest BCUT2D eigenvalue weighted by atomic mass is 16.3. The molecule has 0 spiro atoms. The summed E-state index contributed by atoms with van der Waals surface area (Å²) in [4.78, 5) is 14.3. The number of fused-ring (bicyclic) bond motifs is 1. The van der Waals surface area contributed by atoms with E-state index in [1.165, 1.54) is 16.7 Å². The minimum atomic E-state index is -0.0494. The number of nitrogens with zero attached hydrogens (tertiary/aromatic N) is 1. The predicted octanol–water partition coefficient (Wildman–Crippen LogP) is 3.59. The molecule has 1 aliphatic rings. The maximum atomic E-state index is 12.5. The second kappa shape index (κ2) is 7.49. The van der Waals surface area contributed by atoms with Crippen molar-refractivity contribution in [1.82, 2.24) is 5.32 Å². The Kier molecular flexibility index (Phi) is 5.16. The first-order valence-electron chi connectivity index (χ1n) is 8.56. The van der Waals surface area contributed by atoms with E-state index in [9.17, 15) is 4.79 Å². The topological polar surface area (TPSA) is 52.6 Å². The second-order valence-corrected chi connectivity index (χ2v) is 6.33. The van der Waals surface area contributed by atoms with Crippen LogP contribution in [0.3, 0.4) is 0 Å². The lowest BCUT2D eigenvalue weighted by atomic mass is 10.0. The Bertz CT molecular complexity index is 700. The number of aliphatic hydroxyl groups excluding tert-OH is 1. The number of rotatable bonds is 5. The Hall–Kier alpha value is -2.33. The molecule has 2 aromatic rings. The molecule has 0 fully saturated rings. The zero-order valence-corrected chi connectivity index (χ0v) is 14.0. The highest BCUT2D eigenvalue weighted by molar-refractivity contribution is 5.94. The zero-order chi connectivity index (χ0) is 16.9. The van der Waals surface area contributed by atoms with E-state index in [0.717, 1.165) is 18.5 Å². The monoisotopic (exact) mass is 324 g/mol. The van der Waals surface area contributed by atoms with Gasteiger partial charge in [0, 0.05) is 24.9 Å². The fraction of sp³-hybridized carbons (Fsp3) is 0.350. The van der Waals surface area contributed by atoms with Crippen LogP contribution in [0.15, 0.2) is 48.5 Å². The minimum Gasteiger partial charge on any atom is -0.396 e. The first-order valence-corrected chi connectivity index (χ1v) is 8.56. The maximum Gasteiger partial charge on any atom is 0.322 e. The molecule has 2 amide bonds. The largest absolute Gasteiger partial charge is 0.396 e. The van der Waals surface area contributed by atoms with Crippen LogP contribution < -0.4 is 10.2 Å². The Morgan fingerprint density at radius 2 is 2.00 bits per heavy atom. The maximum absolute atomic E-state index is 12.5. The standard InChI is InChI=1S/C20H24N2O2/c1-15(6-5-13-23)21-20(24)22-12-11-18-14-17(9-10-19(18)22)16-7-3-2-4-8-16/h2-4,7-10,14-15,23H,5-6,11-13H2,1H3,(H,21,24). The van der Waals surface area contributed by atoms with Crippen LogP contribution >= 0.6 is 0 Å². The fourth-order valence-electron chi connectivity index (χ4n) is 3.18. The van der Waals surface area contributed by atoms with E-state index in [4.69, 9.17) is 5.11 Å². The van der Waals surface area contributed by atoms with Crippen LogP contribution in [0.1, 0.15) is 25.3 Å². The third kappa shape index (κ3) is 3.60. The van der Waals surface area contributed by atoms with Crippen molar-refractivity contribution in [3.63, 3.8) is 0 Å². The van der Waals surface area contributed by atoms with Gasteiger partial charge in [0.15, 0.2) is 0 Å². The van der Waals surface area contributed by atoms with Crippen LogP contribution in [0.2, 0.25) is 0 Å². The SMILES string of the molecule is CC(CCCO)NC(=O)N1CCc2cc(-c3ccccc3)ccc21. The smallest absolute Gasteiger partial charge is 0.322 e. The summed E-state index contributed by atoms with van der Waals surface area (Å²) in [6.07, 6.45) is 2.38. The second-order valence-electron chi connectivity index (χ2n) is 6.33. The van der Waals surface area contributed by atoms with Crippen molar-refractivity contribution in [3.05, 3.63) is 54.1 Å². The molecule has 1 atom stereocenters. The number of carbonyl (C=O) groups excluding carboxylic acids is 1. The number of anilines is 1. The van der Waals surface area contributed by atoms with Gasteiger partial charge < -0.3 is 10.4 Å². The number of nitrogens with one attached hydrogen (secondary N) is 1. The number of carbonyl (C=O) groups is 1. The van der Waals surface area contributed by atoms with Crippen LogP contribution in [-0.4, -0.2) is 30.3 Å². The van der Waals surface area contributed by atoms with Gasteiger partial charge in [0.25, 0.3) is 0 Å². The van der Waals surface area contributed by atoms with E-state index in [1.807, 2.05) is 36.1 Å². The molecule has 2 aromatic carbocycles. The summed E-state index contributed by atoms with van der Waals surface area (Å²) in [6, 6.07) is 16.6. The lowest BCUT2D eigenvalue weighted by Crippen LogP contribution is -2.43. The number of benzene rings is 2. The molecule has 24 heavy (non-hydrogen) atoms. The zero-order valence-electron chi connectivity index (χ0n) is 14.0. The van der Waals surface area contributed by atoms with Crippen molar-refractivity contribution in [2.45, 2.75) is 32.2 Å². The summed E-state index contributed by atoms with van der Waals surface area (Å²) in [6.45, 7) is 2.85. The molecule has 0 saturated carbocycles. The molecule has 2 N–H and O–H groups in total. The lowest BCUT2D eigenvalue weighted by Gasteiger charge is -2.21. The van der Waals surface area contributed by atoms with E-state index >= 15 is 0 Å². The van der Waals surface area contributed by atoms with Crippen LogP contribution in [0, 0.1) is 0 Å². The molecule has 0 radical (unpaired) electrons. The van der Waals surface area contributed by atoms with Gasteiger partial charge in [0.1, 0.15) is 0 Å². The number of urea groups is 1. The summed E-state index contributed by atoms with van der Waals surface area (Å²) in [5.74, 6) is 0. The van der Waals surface area contributed by atoms with Crippen LogP contribution in [-0.2, 0) is 6.42 Å². The number of amides is 2. The third-order valence-electron chi connectivity index (χ3n) is 4.49. The van der Waals surface area contributed by atoms with E-state index in [1.54, 1.807) is 0 Å². The Morgan fingerprint density at radius 3 is 2.75 bits per heavy atom. The highest BCUT2D eigenvalue weighted by Gasteiger charge is 2.25. The molecule has 1 aliphatic heterocycles. The van der Waals surface area contributed by atoms with Crippen molar-refractivity contribution >= 4 is 11.7 Å². The molecular formula is C20H24N2O2. The normalized spacial score (nSPS) is 14.3. The van der Waals surface area contributed by atoms with Crippen LogP contribution in [0.5, 0.6) is 0 Å². The quantitative estimate of drug-likeness (QED) is 0.883. The van der Waals surface area contributed by atoms with Crippen molar-refractivity contribution < 1.29 is 9.90 Å². The average Bonchev–Trinajstić information content (AvgIpc) is 3.04. The third-order valence-corrected chi connectivity index (χ3v) is 4.49. The summed E-state index contributed by atoms with van der Waals surface area (Å²) in [5, 5.41) is 11.9. The van der Waals surface area contributed by atoms with Gasteiger partial charge in [-0.3, -0.25) is 4.90 Å². The van der Waals surface area contributed by atoms with Gasteiger partial charge in [-0.2, -0.15) is 0 Å². The summed E-state index contributed by atoms with van der Waals surface area (Å²) < 4.78 is 0. The number of aliphatic hydroxyl groups is 1. The van der Waals surface area contributed by atoms with Crippen molar-refractivity contribution in [1.29, 1.82) is 0 Å². The molecule has 1 unspecified atom stereocenters. The Morgan fingerprint density at radius 1 is 1.21 bits per heavy atom. The van der Waals surface area contributed by atoms with Crippen LogP contribution in [0.4, 0.5) is 10.5 Å². The molecule has 0 aromatic heterocycles. The fourth-order valence-corrected chi connectivity index (χ4v) is 3.18. The number of hydrogen-bond acceptors (Lipinski definition) is 2. The first kappa shape index (κ1) is 16.5. The molecule has 0 aliphatic carbocycles. The van der Waals surface area contributed by atoms with Crippen molar-refractivity contribution in [2.24, 2.45) is 0 Å². The first-order chi connectivity index (χ1) is 11.7. The average molecular weight is 324 g/mol. The van der Waals surface area contributed by atoms with Gasteiger partial charge in [-0.15, -0.1) is 0 Å².